The van der Waals surface area contributed by atoms with E-state index in [0.29, 0.717) is 32.7 Å². The molecule has 0 unspecified atom stereocenters. The predicted octanol–water partition coefficient (Wildman–Crippen LogP) is 4.58. The van der Waals surface area contributed by atoms with Crippen molar-refractivity contribution < 1.29 is 24.5 Å². The predicted molar refractivity (Wildman–Crippen MR) is 134 cm³/mol. The average Bonchev–Trinajstić information content (AvgIpc) is 3.45. The third-order valence-corrected chi connectivity index (χ3v) is 7.79. The maximum Gasteiger partial charge on any atom is 0.303 e. The quantitative estimate of drug-likeness (QED) is 0.358. The van der Waals surface area contributed by atoms with Crippen molar-refractivity contribution in [1.82, 2.24) is 4.90 Å². The van der Waals surface area contributed by atoms with Crippen LogP contribution in [-0.4, -0.2) is 65.6 Å². The number of hydrogen-bond donors (Lipinski definition) is 2. The van der Waals surface area contributed by atoms with Crippen molar-refractivity contribution in [2.45, 2.75) is 57.0 Å². The summed E-state index contributed by atoms with van der Waals surface area (Å²) < 4.78 is 12.0. The second-order valence-corrected chi connectivity index (χ2v) is 10.0. The van der Waals surface area contributed by atoms with Gasteiger partial charge in [0, 0.05) is 42.8 Å². The number of rotatable bonds is 11. The van der Waals surface area contributed by atoms with E-state index in [9.17, 15) is 9.90 Å². The Morgan fingerprint density at radius 1 is 1.21 bits per heavy atom. The van der Waals surface area contributed by atoms with Crippen LogP contribution in [0.15, 0.2) is 53.9 Å². The maximum atomic E-state index is 11.0. The fourth-order valence-electron chi connectivity index (χ4n) is 5.08. The highest BCUT2D eigenvalue weighted by Crippen LogP contribution is 2.37. The molecule has 2 aromatic rings. The number of nitrogens with zero attached hydrogens (tertiary/aromatic N) is 1. The van der Waals surface area contributed by atoms with Gasteiger partial charge in [-0.2, -0.15) is 0 Å². The van der Waals surface area contributed by atoms with E-state index in [1.165, 1.54) is 10.4 Å². The summed E-state index contributed by atoms with van der Waals surface area (Å²) in [5, 5.41) is 22.0. The highest BCUT2D eigenvalue weighted by Gasteiger charge is 2.45. The Hall–Kier alpha value is -2.03. The van der Waals surface area contributed by atoms with Gasteiger partial charge in [-0.1, -0.05) is 42.5 Å². The van der Waals surface area contributed by atoms with Crippen molar-refractivity contribution in [2.75, 3.05) is 26.3 Å². The number of carbonyl (C=O) groups is 1. The Bertz CT molecular complexity index is 924. The first-order chi connectivity index (χ1) is 16.6. The highest BCUT2D eigenvalue weighted by atomic mass is 32.1. The van der Waals surface area contributed by atoms with E-state index >= 15 is 0 Å². The number of allylic oxidation sites excluding steroid dienone is 2. The zero-order valence-corrected chi connectivity index (χ0v) is 20.4. The summed E-state index contributed by atoms with van der Waals surface area (Å²) in [4.78, 5) is 14.3. The van der Waals surface area contributed by atoms with Crippen molar-refractivity contribution in [3.8, 4) is 10.4 Å². The van der Waals surface area contributed by atoms with Gasteiger partial charge >= 0.3 is 5.97 Å². The molecule has 7 heteroatoms. The summed E-state index contributed by atoms with van der Waals surface area (Å²) >= 11 is 1.73. The van der Waals surface area contributed by atoms with E-state index in [1.54, 1.807) is 11.3 Å². The number of thiophene rings is 1. The van der Waals surface area contributed by atoms with Crippen LogP contribution >= 0.6 is 11.3 Å². The Morgan fingerprint density at radius 3 is 2.76 bits per heavy atom. The summed E-state index contributed by atoms with van der Waals surface area (Å²) in [5.74, 6) is -0.562. The molecule has 1 aromatic carbocycles. The zero-order valence-electron chi connectivity index (χ0n) is 19.6. The molecule has 0 radical (unpaired) electrons. The van der Waals surface area contributed by atoms with E-state index in [0.717, 1.165) is 31.5 Å². The van der Waals surface area contributed by atoms with Gasteiger partial charge < -0.3 is 19.7 Å². The Balaban J connectivity index is 1.39. The summed E-state index contributed by atoms with van der Waals surface area (Å²) in [6.07, 6.45) is 6.83. The van der Waals surface area contributed by atoms with Gasteiger partial charge in [0.1, 0.15) is 0 Å². The Labute approximate surface area is 205 Å². The van der Waals surface area contributed by atoms with Gasteiger partial charge in [-0.3, -0.25) is 9.69 Å². The van der Waals surface area contributed by atoms with Gasteiger partial charge in [0.15, 0.2) is 0 Å². The molecule has 6 nitrogen and oxygen atoms in total. The lowest BCUT2D eigenvalue weighted by Gasteiger charge is -2.37. The molecule has 34 heavy (non-hydrogen) atoms. The number of ether oxygens (including phenoxy) is 2. The second-order valence-electron chi connectivity index (χ2n) is 9.13. The molecule has 4 atom stereocenters. The molecular weight excluding hydrogens is 450 g/mol. The number of hydrogen-bond acceptors (Lipinski definition) is 6. The lowest BCUT2D eigenvalue weighted by atomic mass is 9.94. The summed E-state index contributed by atoms with van der Waals surface area (Å²) in [6, 6.07) is 12.6. The minimum atomic E-state index is -0.753. The van der Waals surface area contributed by atoms with Gasteiger partial charge in [0.25, 0.3) is 0 Å². The number of aliphatic hydroxyl groups is 1. The van der Waals surface area contributed by atoms with E-state index in [2.05, 4.69) is 52.8 Å². The molecule has 184 valence electrons. The summed E-state index contributed by atoms with van der Waals surface area (Å²) in [5.41, 5.74) is 2.38. The summed E-state index contributed by atoms with van der Waals surface area (Å²) in [7, 11) is 0. The molecule has 0 amide bonds. The molecule has 1 saturated carbocycles. The molecular formula is C27H35NO5S. The van der Waals surface area contributed by atoms with E-state index in [-0.39, 0.29) is 24.5 Å². The zero-order chi connectivity index (χ0) is 23.8. The number of carboxylic acids is 1. The first-order valence-electron chi connectivity index (χ1n) is 12.2. The van der Waals surface area contributed by atoms with Crippen LogP contribution in [0.2, 0.25) is 0 Å². The highest BCUT2D eigenvalue weighted by molar-refractivity contribution is 7.13. The number of benzene rings is 1. The van der Waals surface area contributed by atoms with Crippen LogP contribution in [0.4, 0.5) is 0 Å². The standard InChI is InChI=1S/C27H35NO5S/c29-23-17-24(33-18-20-16-25(34-19-20)21-8-4-3-5-9-21)22(10-6-1-2-7-11-26(30)31)27(23)28-12-14-32-15-13-28/h1,3-6,8-9,16,19,22-24,27,29H,2,7,10-15,17-18H2,(H,30,31)/b6-1-/t22-,23+,24-,27+/m0/s1. The van der Waals surface area contributed by atoms with Crippen LogP contribution in [0.3, 0.4) is 0 Å². The number of aliphatic hydroxyl groups excluding tert-OH is 1. The van der Waals surface area contributed by atoms with Crippen molar-refractivity contribution in [3.05, 3.63) is 59.5 Å². The number of aliphatic carboxylic acids is 1. The topological polar surface area (TPSA) is 79.2 Å². The smallest absolute Gasteiger partial charge is 0.303 e. The first kappa shape index (κ1) is 25.1. The van der Waals surface area contributed by atoms with Gasteiger partial charge in [-0.05, 0) is 41.8 Å². The molecule has 4 rings (SSSR count). The minimum absolute atomic E-state index is 0.0217. The van der Waals surface area contributed by atoms with Crippen LogP contribution < -0.4 is 0 Å². The van der Waals surface area contributed by atoms with Crippen LogP contribution in [0.5, 0.6) is 0 Å². The van der Waals surface area contributed by atoms with E-state index in [1.807, 2.05) is 6.07 Å². The van der Waals surface area contributed by atoms with Crippen molar-refractivity contribution >= 4 is 17.3 Å². The van der Waals surface area contributed by atoms with Crippen LogP contribution in [-0.2, 0) is 20.9 Å². The van der Waals surface area contributed by atoms with Gasteiger partial charge in [0.05, 0.1) is 32.0 Å². The van der Waals surface area contributed by atoms with Gasteiger partial charge in [0.2, 0.25) is 0 Å². The summed E-state index contributed by atoms with van der Waals surface area (Å²) in [6.45, 7) is 3.60. The molecule has 0 spiro atoms. The van der Waals surface area contributed by atoms with Crippen LogP contribution in [0, 0.1) is 5.92 Å². The molecule has 0 bridgehead atoms. The number of carboxylic acid groups (broad SMARTS) is 1. The Morgan fingerprint density at radius 2 is 2.00 bits per heavy atom. The molecule has 2 heterocycles. The van der Waals surface area contributed by atoms with E-state index < -0.39 is 12.1 Å². The van der Waals surface area contributed by atoms with Crippen molar-refractivity contribution in [3.63, 3.8) is 0 Å². The monoisotopic (exact) mass is 485 g/mol. The van der Waals surface area contributed by atoms with Crippen molar-refractivity contribution in [1.29, 1.82) is 0 Å². The molecule has 2 fully saturated rings. The lowest BCUT2D eigenvalue weighted by Crippen LogP contribution is -2.50. The van der Waals surface area contributed by atoms with E-state index in [4.69, 9.17) is 14.6 Å². The SMILES string of the molecule is O=C(O)CCC/C=C\C[C@@H]1[C@@H](N2CCOCC2)[C@H](O)C[C@@H]1OCc1csc(-c2ccccc2)c1. The normalized spacial score (nSPS) is 25.8. The van der Waals surface area contributed by atoms with Crippen LogP contribution in [0.25, 0.3) is 10.4 Å². The van der Waals surface area contributed by atoms with Gasteiger partial charge in [-0.15, -0.1) is 11.3 Å². The molecule has 2 N–H and O–H groups in total. The fraction of sp³-hybridized carbons (Fsp3) is 0.519. The Kier molecular flexibility index (Phi) is 9.30. The molecule has 1 aliphatic heterocycles. The number of unbranched alkanes of at least 4 members (excludes halogenated alkanes) is 1. The largest absolute Gasteiger partial charge is 0.481 e. The first-order valence-corrected chi connectivity index (χ1v) is 13.1. The minimum Gasteiger partial charge on any atom is -0.481 e. The third kappa shape index (κ3) is 6.77. The van der Waals surface area contributed by atoms with Crippen LogP contribution in [0.1, 0.15) is 37.7 Å². The second kappa shape index (κ2) is 12.6. The lowest BCUT2D eigenvalue weighted by molar-refractivity contribution is -0.137. The average molecular weight is 486 g/mol. The molecule has 2 aliphatic rings. The molecule has 1 aliphatic carbocycles. The van der Waals surface area contributed by atoms with Crippen molar-refractivity contribution in [2.24, 2.45) is 5.92 Å². The third-order valence-electron chi connectivity index (χ3n) is 6.76. The maximum absolute atomic E-state index is 11.0. The molecule has 1 saturated heterocycles. The van der Waals surface area contributed by atoms with Gasteiger partial charge in [-0.25, -0.2) is 0 Å². The number of morpholine rings is 1. The fourth-order valence-corrected chi connectivity index (χ4v) is 5.99. The molecule has 1 aromatic heterocycles.